The predicted molar refractivity (Wildman–Crippen MR) is 102 cm³/mol. The van der Waals surface area contributed by atoms with Gasteiger partial charge in [0.05, 0.1) is 6.61 Å². The maximum Gasteiger partial charge on any atom is 0.256 e. The number of hydrogen-bond acceptors (Lipinski definition) is 2. The Hall–Kier alpha value is -2.36. The Morgan fingerprint density at radius 2 is 1.77 bits per heavy atom. The van der Waals surface area contributed by atoms with Crippen LogP contribution in [0, 0.1) is 0 Å². The van der Waals surface area contributed by atoms with Crippen LogP contribution >= 0.6 is 11.6 Å². The standard InChI is InChI=1S/C22H18ClNO2/c1-24-21(25)18-12-15-4-2-3-5-16(15)13-20(18)22(24)19(10-11-26-22)14-6-8-17(23)9-7-14/h2-9,12-13,19H,10-11H2,1H3/t19-,22+/m0/s1. The van der Waals surface area contributed by atoms with Crippen molar-refractivity contribution in [1.29, 1.82) is 0 Å². The molecule has 0 aromatic heterocycles. The predicted octanol–water partition coefficient (Wildman–Crippen LogP) is 4.94. The van der Waals surface area contributed by atoms with Gasteiger partial charge in [0, 0.05) is 29.1 Å². The van der Waals surface area contributed by atoms with E-state index in [0.717, 1.165) is 33.9 Å². The molecule has 1 spiro atoms. The molecular weight excluding hydrogens is 346 g/mol. The number of hydrogen-bond donors (Lipinski definition) is 0. The summed E-state index contributed by atoms with van der Waals surface area (Å²) in [5.74, 6) is 0.0998. The van der Waals surface area contributed by atoms with Crippen LogP contribution in [0.15, 0.2) is 60.7 Å². The van der Waals surface area contributed by atoms with Gasteiger partial charge in [0.1, 0.15) is 0 Å². The first-order valence-electron chi connectivity index (χ1n) is 8.82. The molecule has 130 valence electrons. The zero-order valence-corrected chi connectivity index (χ0v) is 15.2. The fourth-order valence-corrected chi connectivity index (χ4v) is 4.66. The lowest BCUT2D eigenvalue weighted by atomic mass is 9.82. The minimum Gasteiger partial charge on any atom is -0.350 e. The average molecular weight is 364 g/mol. The summed E-state index contributed by atoms with van der Waals surface area (Å²) in [5, 5.41) is 2.91. The summed E-state index contributed by atoms with van der Waals surface area (Å²) in [6.07, 6.45) is 0.867. The third-order valence-electron chi connectivity index (χ3n) is 5.78. The molecule has 1 fully saturated rings. The largest absolute Gasteiger partial charge is 0.350 e. The van der Waals surface area contributed by atoms with Crippen molar-refractivity contribution >= 4 is 28.3 Å². The van der Waals surface area contributed by atoms with Crippen molar-refractivity contribution < 1.29 is 9.53 Å². The van der Waals surface area contributed by atoms with Gasteiger partial charge in [-0.3, -0.25) is 4.79 Å². The highest BCUT2D eigenvalue weighted by Gasteiger charge is 2.57. The molecule has 3 aromatic carbocycles. The van der Waals surface area contributed by atoms with E-state index in [9.17, 15) is 4.79 Å². The smallest absolute Gasteiger partial charge is 0.256 e. The van der Waals surface area contributed by atoms with Crippen LogP contribution in [0.2, 0.25) is 5.02 Å². The van der Waals surface area contributed by atoms with Gasteiger partial charge in [-0.1, -0.05) is 48.0 Å². The summed E-state index contributed by atoms with van der Waals surface area (Å²) >= 11 is 6.07. The number of carbonyl (C=O) groups is 1. The molecular formula is C22H18ClNO2. The van der Waals surface area contributed by atoms with E-state index in [0.29, 0.717) is 11.6 Å². The second-order valence-corrected chi connectivity index (χ2v) is 7.48. The van der Waals surface area contributed by atoms with Crippen LogP contribution in [0.4, 0.5) is 0 Å². The van der Waals surface area contributed by atoms with Gasteiger partial charge in [-0.05, 0) is 47.0 Å². The van der Waals surface area contributed by atoms with E-state index in [2.05, 4.69) is 12.1 Å². The summed E-state index contributed by atoms with van der Waals surface area (Å²) in [7, 11) is 1.85. The van der Waals surface area contributed by atoms with E-state index in [1.165, 1.54) is 0 Å². The molecule has 1 saturated heterocycles. The monoisotopic (exact) mass is 363 g/mol. The third kappa shape index (κ3) is 2.01. The Morgan fingerprint density at radius 1 is 1.08 bits per heavy atom. The van der Waals surface area contributed by atoms with Gasteiger partial charge in [0.25, 0.3) is 5.91 Å². The van der Waals surface area contributed by atoms with Crippen LogP contribution in [-0.4, -0.2) is 24.5 Å². The third-order valence-corrected chi connectivity index (χ3v) is 6.03. The molecule has 0 N–H and O–H groups in total. The highest BCUT2D eigenvalue weighted by Crippen LogP contribution is 2.54. The Balaban J connectivity index is 1.74. The van der Waals surface area contributed by atoms with E-state index in [1.807, 2.05) is 55.6 Å². The number of halogens is 1. The van der Waals surface area contributed by atoms with Gasteiger partial charge in [0.2, 0.25) is 0 Å². The molecule has 2 aliphatic heterocycles. The molecule has 0 aliphatic carbocycles. The Labute approximate surface area is 157 Å². The van der Waals surface area contributed by atoms with E-state index in [1.54, 1.807) is 4.90 Å². The summed E-state index contributed by atoms with van der Waals surface area (Å²) in [4.78, 5) is 14.8. The van der Waals surface area contributed by atoms with Gasteiger partial charge in [-0.15, -0.1) is 0 Å². The second-order valence-electron chi connectivity index (χ2n) is 7.05. The molecule has 26 heavy (non-hydrogen) atoms. The van der Waals surface area contributed by atoms with Gasteiger partial charge < -0.3 is 9.64 Å². The van der Waals surface area contributed by atoms with Crippen LogP contribution in [0.3, 0.4) is 0 Å². The Kier molecular flexibility index (Phi) is 3.40. The normalized spacial score (nSPS) is 24.6. The number of likely N-dealkylation sites (N-methyl/N-ethyl adjacent to an activating group) is 1. The van der Waals surface area contributed by atoms with Crippen molar-refractivity contribution in [3.8, 4) is 0 Å². The Bertz CT molecular complexity index is 1030. The lowest BCUT2D eigenvalue weighted by molar-refractivity contribution is -0.0996. The molecule has 2 aliphatic rings. The lowest BCUT2D eigenvalue weighted by Gasteiger charge is -2.37. The number of ether oxygens (including phenoxy) is 1. The molecule has 3 nitrogen and oxygen atoms in total. The molecule has 1 amide bonds. The van der Waals surface area contributed by atoms with Gasteiger partial charge in [-0.2, -0.15) is 0 Å². The second kappa shape index (κ2) is 5.57. The molecule has 2 atom stereocenters. The highest BCUT2D eigenvalue weighted by atomic mass is 35.5. The molecule has 0 unspecified atom stereocenters. The van der Waals surface area contributed by atoms with Gasteiger partial charge in [-0.25, -0.2) is 0 Å². The van der Waals surface area contributed by atoms with Crippen LogP contribution < -0.4 is 0 Å². The number of nitrogens with zero attached hydrogens (tertiary/aromatic N) is 1. The maximum atomic E-state index is 13.1. The number of amides is 1. The topological polar surface area (TPSA) is 29.5 Å². The van der Waals surface area contributed by atoms with Crippen molar-refractivity contribution in [2.45, 2.75) is 18.1 Å². The average Bonchev–Trinajstić information content (AvgIpc) is 3.19. The summed E-state index contributed by atoms with van der Waals surface area (Å²) in [6.45, 7) is 0.622. The quantitative estimate of drug-likeness (QED) is 0.613. The first-order valence-corrected chi connectivity index (χ1v) is 9.20. The minimum atomic E-state index is -0.746. The van der Waals surface area contributed by atoms with E-state index in [-0.39, 0.29) is 11.8 Å². The van der Waals surface area contributed by atoms with Gasteiger partial charge in [0.15, 0.2) is 5.72 Å². The fourth-order valence-electron chi connectivity index (χ4n) is 4.54. The van der Waals surface area contributed by atoms with Crippen LogP contribution in [-0.2, 0) is 10.5 Å². The first-order chi connectivity index (χ1) is 12.6. The number of carbonyl (C=O) groups excluding carboxylic acids is 1. The SMILES string of the molecule is CN1C(=O)c2cc3ccccc3cc2[C@@]12OCC[C@H]2c1ccc(Cl)cc1. The van der Waals surface area contributed by atoms with Crippen LogP contribution in [0.25, 0.3) is 10.8 Å². The molecule has 0 saturated carbocycles. The first kappa shape index (κ1) is 15.9. The van der Waals surface area contributed by atoms with Crippen molar-refractivity contribution in [2.24, 2.45) is 0 Å². The zero-order valence-electron chi connectivity index (χ0n) is 14.4. The number of fused-ring (bicyclic) bond motifs is 3. The van der Waals surface area contributed by atoms with E-state index in [4.69, 9.17) is 16.3 Å². The number of benzene rings is 3. The molecule has 3 aromatic rings. The minimum absolute atomic E-state index is 0.0200. The molecule has 0 radical (unpaired) electrons. The highest BCUT2D eigenvalue weighted by molar-refractivity contribution is 6.30. The van der Waals surface area contributed by atoms with Crippen molar-refractivity contribution in [1.82, 2.24) is 4.90 Å². The summed E-state index contributed by atoms with van der Waals surface area (Å²) in [6, 6.07) is 20.2. The van der Waals surface area contributed by atoms with Crippen molar-refractivity contribution in [3.05, 3.63) is 82.4 Å². The number of rotatable bonds is 1. The summed E-state index contributed by atoms with van der Waals surface area (Å²) in [5.41, 5.74) is 2.12. The molecule has 5 rings (SSSR count). The Morgan fingerprint density at radius 3 is 2.50 bits per heavy atom. The van der Waals surface area contributed by atoms with E-state index < -0.39 is 5.72 Å². The molecule has 0 bridgehead atoms. The van der Waals surface area contributed by atoms with Gasteiger partial charge >= 0.3 is 0 Å². The zero-order chi connectivity index (χ0) is 17.9. The molecule has 2 heterocycles. The van der Waals surface area contributed by atoms with Crippen molar-refractivity contribution in [3.63, 3.8) is 0 Å². The lowest BCUT2D eigenvalue weighted by Crippen LogP contribution is -2.44. The fraction of sp³-hybridized carbons (Fsp3) is 0.227. The summed E-state index contributed by atoms with van der Waals surface area (Å²) < 4.78 is 6.33. The van der Waals surface area contributed by atoms with Crippen molar-refractivity contribution in [2.75, 3.05) is 13.7 Å². The molecule has 4 heteroatoms. The maximum absolute atomic E-state index is 13.1. The van der Waals surface area contributed by atoms with E-state index >= 15 is 0 Å². The van der Waals surface area contributed by atoms with Crippen LogP contribution in [0.5, 0.6) is 0 Å². The van der Waals surface area contributed by atoms with Crippen LogP contribution in [0.1, 0.15) is 33.8 Å².